The first-order valence-electron chi connectivity index (χ1n) is 8.08. The monoisotopic (exact) mass is 300 g/mol. The largest absolute Gasteiger partial charge is 0.469 e. The van der Waals surface area contributed by atoms with Crippen molar-refractivity contribution in [2.24, 2.45) is 5.92 Å². The molecule has 1 atom stereocenters. The summed E-state index contributed by atoms with van der Waals surface area (Å²) < 4.78 is 7.61. The SMILES string of the molecule is CC[Si](CC)(CC)N1CCCN(CC(C)C(=O)OC)C1. The predicted octanol–water partition coefficient (Wildman–Crippen LogP) is 2.77. The standard InChI is InChI=1S/C15H32N2O2Si/c1-6-20(7-2,8-3)17-11-9-10-16(13-17)12-14(4)15(18)19-5/h14H,6-13H2,1-5H3. The first-order valence-corrected chi connectivity index (χ1v) is 10.6. The van der Waals surface area contributed by atoms with Gasteiger partial charge in [0, 0.05) is 19.8 Å². The predicted molar refractivity (Wildman–Crippen MR) is 86.1 cm³/mol. The molecule has 1 saturated heterocycles. The summed E-state index contributed by atoms with van der Waals surface area (Å²) in [7, 11) is 0.207. The molecule has 0 aromatic carbocycles. The molecular weight excluding hydrogens is 268 g/mol. The van der Waals surface area contributed by atoms with Crippen LogP contribution >= 0.6 is 0 Å². The molecular formula is C15H32N2O2Si. The molecule has 1 fully saturated rings. The lowest BCUT2D eigenvalue weighted by Crippen LogP contribution is -2.59. The third kappa shape index (κ3) is 4.05. The van der Waals surface area contributed by atoms with Crippen LogP contribution in [0.5, 0.6) is 0 Å². The highest BCUT2D eigenvalue weighted by Gasteiger charge is 2.37. The molecule has 1 aliphatic heterocycles. The van der Waals surface area contributed by atoms with Crippen molar-refractivity contribution in [1.29, 1.82) is 0 Å². The maximum atomic E-state index is 11.6. The van der Waals surface area contributed by atoms with E-state index in [1.165, 1.54) is 38.2 Å². The van der Waals surface area contributed by atoms with Crippen LogP contribution in [0.15, 0.2) is 0 Å². The van der Waals surface area contributed by atoms with Crippen LogP contribution in [-0.4, -0.2) is 57.1 Å². The zero-order chi connectivity index (χ0) is 15.2. The van der Waals surface area contributed by atoms with E-state index in [9.17, 15) is 4.79 Å². The highest BCUT2D eigenvalue weighted by Crippen LogP contribution is 2.27. The molecule has 4 nitrogen and oxygen atoms in total. The fourth-order valence-corrected chi connectivity index (χ4v) is 7.46. The highest BCUT2D eigenvalue weighted by atomic mass is 28.3. The van der Waals surface area contributed by atoms with Gasteiger partial charge in [0.05, 0.1) is 13.0 Å². The van der Waals surface area contributed by atoms with Crippen LogP contribution in [0.1, 0.15) is 34.1 Å². The van der Waals surface area contributed by atoms with Gasteiger partial charge in [-0.15, -0.1) is 0 Å². The molecule has 0 N–H and O–H groups in total. The second-order valence-electron chi connectivity index (χ2n) is 6.04. The summed E-state index contributed by atoms with van der Waals surface area (Å²) in [5.41, 5.74) is 0. The van der Waals surface area contributed by atoms with Crippen LogP contribution in [0.4, 0.5) is 0 Å². The van der Waals surface area contributed by atoms with Gasteiger partial charge in [-0.3, -0.25) is 9.69 Å². The lowest BCUT2D eigenvalue weighted by atomic mass is 10.1. The number of methoxy groups -OCH3 is 1. The molecule has 0 aliphatic carbocycles. The third-order valence-electron chi connectivity index (χ3n) is 5.05. The highest BCUT2D eigenvalue weighted by molar-refractivity contribution is 6.77. The van der Waals surface area contributed by atoms with Crippen molar-refractivity contribution >= 4 is 14.2 Å². The Hall–Kier alpha value is -0.393. The summed E-state index contributed by atoms with van der Waals surface area (Å²) in [5.74, 6) is -0.118. The topological polar surface area (TPSA) is 32.8 Å². The number of rotatable bonds is 7. The van der Waals surface area contributed by atoms with E-state index in [4.69, 9.17) is 4.74 Å². The zero-order valence-corrected chi connectivity index (χ0v) is 14.9. The Morgan fingerprint density at radius 1 is 1.20 bits per heavy atom. The second kappa shape index (κ2) is 8.15. The van der Waals surface area contributed by atoms with E-state index in [1.807, 2.05) is 6.92 Å². The summed E-state index contributed by atoms with van der Waals surface area (Å²) in [4.78, 5) is 14.0. The number of esters is 1. The van der Waals surface area contributed by atoms with Crippen molar-refractivity contribution in [3.63, 3.8) is 0 Å². The van der Waals surface area contributed by atoms with Crippen LogP contribution in [0.2, 0.25) is 18.1 Å². The maximum absolute atomic E-state index is 11.6. The Labute approximate surface area is 125 Å². The van der Waals surface area contributed by atoms with E-state index in [-0.39, 0.29) is 11.9 Å². The fourth-order valence-electron chi connectivity index (χ4n) is 3.49. The zero-order valence-electron chi connectivity index (χ0n) is 13.9. The molecule has 1 heterocycles. The molecule has 0 bridgehead atoms. The first-order chi connectivity index (χ1) is 9.52. The Bertz CT molecular complexity index is 300. The quantitative estimate of drug-likeness (QED) is 0.535. The molecule has 0 saturated carbocycles. The molecule has 0 spiro atoms. The van der Waals surface area contributed by atoms with Crippen molar-refractivity contribution in [2.45, 2.75) is 52.2 Å². The smallest absolute Gasteiger partial charge is 0.309 e. The van der Waals surface area contributed by atoms with E-state index in [0.717, 1.165) is 19.8 Å². The van der Waals surface area contributed by atoms with Crippen molar-refractivity contribution in [3.8, 4) is 0 Å². The van der Waals surface area contributed by atoms with Gasteiger partial charge < -0.3 is 9.30 Å². The summed E-state index contributed by atoms with van der Waals surface area (Å²) in [6.45, 7) is 13.3. The van der Waals surface area contributed by atoms with Gasteiger partial charge in [0.25, 0.3) is 0 Å². The van der Waals surface area contributed by atoms with Crippen LogP contribution in [0.25, 0.3) is 0 Å². The summed E-state index contributed by atoms with van der Waals surface area (Å²) >= 11 is 0. The second-order valence-corrected chi connectivity index (χ2v) is 11.2. The number of carbonyl (C=O) groups is 1. The maximum Gasteiger partial charge on any atom is 0.309 e. The van der Waals surface area contributed by atoms with E-state index in [2.05, 4.69) is 30.2 Å². The minimum absolute atomic E-state index is 0.0269. The lowest BCUT2D eigenvalue weighted by molar-refractivity contribution is -0.145. The number of ether oxygens (including phenoxy) is 1. The molecule has 0 radical (unpaired) electrons. The summed E-state index contributed by atoms with van der Waals surface area (Å²) in [6, 6.07) is 4.00. The van der Waals surface area contributed by atoms with E-state index >= 15 is 0 Å². The minimum Gasteiger partial charge on any atom is -0.469 e. The van der Waals surface area contributed by atoms with Crippen molar-refractivity contribution in [2.75, 3.05) is 33.4 Å². The van der Waals surface area contributed by atoms with Crippen LogP contribution in [0, 0.1) is 5.92 Å². The summed E-state index contributed by atoms with van der Waals surface area (Å²) in [6.07, 6.45) is 1.22. The molecule has 5 heteroatoms. The number of hydrogen-bond acceptors (Lipinski definition) is 4. The molecule has 0 aromatic heterocycles. The molecule has 0 aromatic rings. The molecule has 0 amide bonds. The van der Waals surface area contributed by atoms with Gasteiger partial charge in [-0.2, -0.15) is 0 Å². The van der Waals surface area contributed by atoms with Crippen molar-refractivity contribution in [3.05, 3.63) is 0 Å². The average Bonchev–Trinajstić information content (AvgIpc) is 2.49. The lowest BCUT2D eigenvalue weighted by Gasteiger charge is -2.47. The van der Waals surface area contributed by atoms with Gasteiger partial charge >= 0.3 is 5.97 Å². The molecule has 1 rings (SSSR count). The van der Waals surface area contributed by atoms with E-state index in [1.54, 1.807) is 0 Å². The van der Waals surface area contributed by atoms with Gasteiger partial charge in [0.15, 0.2) is 0 Å². The molecule has 1 unspecified atom stereocenters. The average molecular weight is 301 g/mol. The number of nitrogens with zero attached hydrogens (tertiary/aromatic N) is 2. The molecule has 118 valence electrons. The van der Waals surface area contributed by atoms with Crippen LogP contribution in [-0.2, 0) is 9.53 Å². The molecule has 20 heavy (non-hydrogen) atoms. The fraction of sp³-hybridized carbons (Fsp3) is 0.933. The molecule has 1 aliphatic rings. The van der Waals surface area contributed by atoms with Crippen LogP contribution in [0.3, 0.4) is 0 Å². The Balaban J connectivity index is 2.64. The number of carbonyl (C=O) groups excluding carboxylic acids is 1. The first kappa shape index (κ1) is 17.7. The summed E-state index contributed by atoms with van der Waals surface area (Å²) in [5, 5.41) is 0. The van der Waals surface area contributed by atoms with Gasteiger partial charge in [-0.25, -0.2) is 0 Å². The van der Waals surface area contributed by atoms with Crippen molar-refractivity contribution in [1.82, 2.24) is 9.47 Å². The van der Waals surface area contributed by atoms with E-state index < -0.39 is 8.24 Å². The van der Waals surface area contributed by atoms with Gasteiger partial charge in [-0.05, 0) is 31.1 Å². The van der Waals surface area contributed by atoms with Crippen molar-refractivity contribution < 1.29 is 9.53 Å². The Morgan fingerprint density at radius 2 is 1.80 bits per heavy atom. The minimum atomic E-state index is -1.27. The van der Waals surface area contributed by atoms with Gasteiger partial charge in [0.2, 0.25) is 0 Å². The number of hydrogen-bond donors (Lipinski definition) is 0. The Morgan fingerprint density at radius 3 is 2.30 bits per heavy atom. The Kier molecular flexibility index (Phi) is 7.19. The third-order valence-corrected chi connectivity index (χ3v) is 10.7. The normalized spacial score (nSPS) is 19.9. The van der Waals surface area contributed by atoms with E-state index in [0.29, 0.717) is 0 Å². The van der Waals surface area contributed by atoms with Crippen LogP contribution < -0.4 is 0 Å². The van der Waals surface area contributed by atoms with Gasteiger partial charge in [-0.1, -0.05) is 27.7 Å². The van der Waals surface area contributed by atoms with Gasteiger partial charge in [0.1, 0.15) is 8.24 Å².